The highest BCUT2D eigenvalue weighted by Crippen LogP contribution is 2.34. The monoisotopic (exact) mass is 391 g/mol. The van der Waals surface area contributed by atoms with Crippen molar-refractivity contribution >= 4 is 17.5 Å². The van der Waals surface area contributed by atoms with E-state index in [9.17, 15) is 9.59 Å². The summed E-state index contributed by atoms with van der Waals surface area (Å²) in [6, 6.07) is 14.6. The predicted octanol–water partition coefficient (Wildman–Crippen LogP) is 1.82. The van der Waals surface area contributed by atoms with Crippen LogP contribution in [-0.4, -0.2) is 58.2 Å². The lowest BCUT2D eigenvalue weighted by molar-refractivity contribution is -0.135. The van der Waals surface area contributed by atoms with Crippen LogP contribution in [0.3, 0.4) is 0 Å². The predicted molar refractivity (Wildman–Crippen MR) is 107 cm³/mol. The molecule has 1 unspecified atom stereocenters. The average molecular weight is 391 g/mol. The first-order valence-electron chi connectivity index (χ1n) is 9.23. The summed E-state index contributed by atoms with van der Waals surface area (Å²) in [4.78, 5) is 32.7. The molecule has 1 aromatic heterocycles. The molecule has 8 nitrogen and oxygen atoms in total. The Hall–Kier alpha value is -3.68. The minimum Gasteiger partial charge on any atom is -0.476 e. The van der Waals surface area contributed by atoms with Gasteiger partial charge in [-0.05, 0) is 29.8 Å². The highest BCUT2D eigenvalue weighted by atomic mass is 16.5. The van der Waals surface area contributed by atoms with Crippen molar-refractivity contribution in [1.29, 1.82) is 0 Å². The quantitative estimate of drug-likeness (QED) is 0.678. The summed E-state index contributed by atoms with van der Waals surface area (Å²) < 4.78 is 7.56. The van der Waals surface area contributed by atoms with Crippen molar-refractivity contribution in [1.82, 2.24) is 19.7 Å². The molecule has 2 heterocycles. The molecular formula is C21H21N5O3. The molecule has 2 amide bonds. The standard InChI is InChI=1S/C21H21N5O3/c1-24(2)21(28)19-12-26(17-5-3-4-6-18(17)29-19)20(27)16-9-7-15(8-10-16)11-25-14-22-13-23-25/h3-10,13-14,19H,11-12H2,1-2H3. The van der Waals surface area contributed by atoms with Crippen molar-refractivity contribution in [2.75, 3.05) is 25.5 Å². The van der Waals surface area contributed by atoms with Crippen LogP contribution in [0.5, 0.6) is 5.75 Å². The van der Waals surface area contributed by atoms with E-state index >= 15 is 0 Å². The van der Waals surface area contributed by atoms with E-state index in [1.54, 1.807) is 48.2 Å². The number of anilines is 1. The third-order valence-electron chi connectivity index (χ3n) is 4.75. The zero-order valence-corrected chi connectivity index (χ0v) is 16.2. The fourth-order valence-electron chi connectivity index (χ4n) is 3.25. The van der Waals surface area contributed by atoms with Gasteiger partial charge >= 0.3 is 0 Å². The van der Waals surface area contributed by atoms with Gasteiger partial charge in [0, 0.05) is 19.7 Å². The van der Waals surface area contributed by atoms with E-state index in [0.29, 0.717) is 23.5 Å². The van der Waals surface area contributed by atoms with Crippen LogP contribution >= 0.6 is 0 Å². The van der Waals surface area contributed by atoms with Crippen LogP contribution in [0.25, 0.3) is 0 Å². The SMILES string of the molecule is CN(C)C(=O)C1CN(C(=O)c2ccc(Cn3cncn3)cc2)c2ccccc2O1. The van der Waals surface area contributed by atoms with Gasteiger partial charge in [0.2, 0.25) is 0 Å². The molecule has 4 rings (SSSR count). The lowest BCUT2D eigenvalue weighted by atomic mass is 10.1. The number of nitrogens with zero attached hydrogens (tertiary/aromatic N) is 5. The van der Waals surface area contributed by atoms with E-state index in [4.69, 9.17) is 4.74 Å². The number of para-hydroxylation sites is 2. The first-order chi connectivity index (χ1) is 14.0. The summed E-state index contributed by atoms with van der Waals surface area (Å²) in [7, 11) is 3.35. The highest BCUT2D eigenvalue weighted by molar-refractivity contribution is 6.07. The van der Waals surface area contributed by atoms with Crippen LogP contribution < -0.4 is 9.64 Å². The van der Waals surface area contributed by atoms with Crippen LogP contribution in [0.1, 0.15) is 15.9 Å². The van der Waals surface area contributed by atoms with E-state index in [0.717, 1.165) is 5.56 Å². The molecule has 148 valence electrons. The summed E-state index contributed by atoms with van der Waals surface area (Å²) in [5.41, 5.74) is 2.21. The highest BCUT2D eigenvalue weighted by Gasteiger charge is 2.34. The van der Waals surface area contributed by atoms with E-state index in [1.165, 1.54) is 11.2 Å². The van der Waals surface area contributed by atoms with Crippen molar-refractivity contribution in [3.05, 3.63) is 72.3 Å². The number of hydrogen-bond donors (Lipinski definition) is 0. The molecule has 1 aliphatic heterocycles. The molecule has 0 saturated heterocycles. The number of rotatable bonds is 4. The smallest absolute Gasteiger partial charge is 0.265 e. The minimum absolute atomic E-state index is 0.160. The van der Waals surface area contributed by atoms with E-state index in [1.807, 2.05) is 30.3 Å². The Morgan fingerprint density at radius 2 is 1.90 bits per heavy atom. The van der Waals surface area contributed by atoms with Crippen LogP contribution in [0.2, 0.25) is 0 Å². The number of carbonyl (C=O) groups excluding carboxylic acids is 2. The molecule has 2 aromatic carbocycles. The summed E-state index contributed by atoms with van der Waals surface area (Å²) in [6.45, 7) is 0.738. The van der Waals surface area contributed by atoms with Crippen molar-refractivity contribution in [3.8, 4) is 5.75 Å². The Balaban J connectivity index is 1.58. The van der Waals surface area contributed by atoms with E-state index < -0.39 is 6.10 Å². The molecular weight excluding hydrogens is 370 g/mol. The molecule has 8 heteroatoms. The zero-order chi connectivity index (χ0) is 20.4. The van der Waals surface area contributed by atoms with Gasteiger partial charge in [-0.3, -0.25) is 9.59 Å². The minimum atomic E-state index is -0.740. The molecule has 0 spiro atoms. The first kappa shape index (κ1) is 18.7. The van der Waals surface area contributed by atoms with Gasteiger partial charge in [-0.15, -0.1) is 0 Å². The Kier molecular flexibility index (Phi) is 4.99. The van der Waals surface area contributed by atoms with E-state index in [2.05, 4.69) is 10.1 Å². The van der Waals surface area contributed by atoms with E-state index in [-0.39, 0.29) is 18.4 Å². The number of hydrogen-bond acceptors (Lipinski definition) is 5. The normalized spacial score (nSPS) is 15.4. The zero-order valence-electron chi connectivity index (χ0n) is 16.2. The molecule has 0 N–H and O–H groups in total. The molecule has 1 aliphatic rings. The second-order valence-electron chi connectivity index (χ2n) is 7.01. The molecule has 29 heavy (non-hydrogen) atoms. The number of benzene rings is 2. The Morgan fingerprint density at radius 3 is 2.59 bits per heavy atom. The van der Waals surface area contributed by atoms with Gasteiger partial charge in [0.15, 0.2) is 6.10 Å². The second kappa shape index (κ2) is 7.75. The van der Waals surface area contributed by atoms with Gasteiger partial charge in [-0.25, -0.2) is 9.67 Å². The second-order valence-corrected chi connectivity index (χ2v) is 7.01. The van der Waals surface area contributed by atoms with Crippen molar-refractivity contribution in [2.45, 2.75) is 12.6 Å². The van der Waals surface area contributed by atoms with Crippen LogP contribution in [-0.2, 0) is 11.3 Å². The maximum atomic E-state index is 13.2. The lowest BCUT2D eigenvalue weighted by Crippen LogP contribution is -2.50. The number of likely N-dealkylation sites (N-methyl/N-ethyl adjacent to an activating group) is 1. The van der Waals surface area contributed by atoms with Gasteiger partial charge in [-0.2, -0.15) is 5.10 Å². The summed E-state index contributed by atoms with van der Waals surface area (Å²) >= 11 is 0. The molecule has 0 fully saturated rings. The molecule has 0 aliphatic carbocycles. The molecule has 0 saturated carbocycles. The third kappa shape index (κ3) is 3.82. The van der Waals surface area contributed by atoms with Gasteiger partial charge in [0.05, 0.1) is 18.8 Å². The number of ether oxygens (including phenoxy) is 1. The van der Waals surface area contributed by atoms with Crippen LogP contribution in [0.15, 0.2) is 61.2 Å². The third-order valence-corrected chi connectivity index (χ3v) is 4.75. The largest absolute Gasteiger partial charge is 0.476 e. The summed E-state index contributed by atoms with van der Waals surface area (Å²) in [6.07, 6.45) is 2.39. The lowest BCUT2D eigenvalue weighted by Gasteiger charge is -2.35. The number of fused-ring (bicyclic) bond motifs is 1. The van der Waals surface area contributed by atoms with Crippen LogP contribution in [0, 0.1) is 0 Å². The van der Waals surface area contributed by atoms with Gasteiger partial charge in [0.25, 0.3) is 11.8 Å². The van der Waals surface area contributed by atoms with Gasteiger partial charge < -0.3 is 14.5 Å². The maximum Gasteiger partial charge on any atom is 0.265 e. The number of aromatic nitrogens is 3. The maximum absolute atomic E-state index is 13.2. The van der Waals surface area contributed by atoms with Gasteiger partial charge in [-0.1, -0.05) is 24.3 Å². The summed E-state index contributed by atoms with van der Waals surface area (Å²) in [5, 5.41) is 4.09. The Bertz CT molecular complexity index is 1020. The molecule has 0 radical (unpaired) electrons. The fourth-order valence-corrected chi connectivity index (χ4v) is 3.25. The Labute approximate surface area is 168 Å². The molecule has 0 bridgehead atoms. The summed E-state index contributed by atoms with van der Waals surface area (Å²) in [5.74, 6) is 0.167. The van der Waals surface area contributed by atoms with Crippen molar-refractivity contribution in [3.63, 3.8) is 0 Å². The topological polar surface area (TPSA) is 80.6 Å². The number of amides is 2. The van der Waals surface area contributed by atoms with Crippen molar-refractivity contribution < 1.29 is 14.3 Å². The fraction of sp³-hybridized carbons (Fsp3) is 0.238. The average Bonchev–Trinajstić information content (AvgIpc) is 3.25. The van der Waals surface area contributed by atoms with Gasteiger partial charge in [0.1, 0.15) is 18.4 Å². The molecule has 3 aromatic rings. The first-order valence-corrected chi connectivity index (χ1v) is 9.23. The molecule has 1 atom stereocenters. The van der Waals surface area contributed by atoms with Crippen molar-refractivity contribution in [2.24, 2.45) is 0 Å². The Morgan fingerprint density at radius 1 is 1.14 bits per heavy atom. The van der Waals surface area contributed by atoms with Crippen LogP contribution in [0.4, 0.5) is 5.69 Å². The number of carbonyl (C=O) groups is 2.